The molecule has 1 aliphatic heterocycles. The Labute approximate surface area is 235 Å². The number of anilines is 1. The molecule has 1 amide bonds. The molecular formula is C33H37N5O2. The van der Waals surface area contributed by atoms with Crippen LogP contribution in [0.3, 0.4) is 0 Å². The van der Waals surface area contributed by atoms with Gasteiger partial charge in [0.25, 0.3) is 5.91 Å². The number of hydrogen-bond acceptors (Lipinski definition) is 4. The van der Waals surface area contributed by atoms with Gasteiger partial charge < -0.3 is 15.2 Å². The molecule has 7 nitrogen and oxygen atoms in total. The largest absolute Gasteiger partial charge is 0.358 e. The molecule has 206 valence electrons. The number of aryl methyl sites for hydroxylation is 1. The minimum Gasteiger partial charge on any atom is -0.358 e. The van der Waals surface area contributed by atoms with Crippen molar-refractivity contribution < 1.29 is 9.59 Å². The van der Waals surface area contributed by atoms with Crippen LogP contribution < -0.4 is 5.32 Å². The van der Waals surface area contributed by atoms with Gasteiger partial charge >= 0.3 is 0 Å². The number of carbonyl (C=O) groups excluding carboxylic acids is 2. The summed E-state index contributed by atoms with van der Waals surface area (Å²) in [5.74, 6) is 0.00694. The van der Waals surface area contributed by atoms with Gasteiger partial charge in [0.2, 0.25) is 0 Å². The first-order chi connectivity index (χ1) is 19.4. The summed E-state index contributed by atoms with van der Waals surface area (Å²) in [4.78, 5) is 31.9. The summed E-state index contributed by atoms with van der Waals surface area (Å²) in [6.07, 6.45) is 8.10. The van der Waals surface area contributed by atoms with Gasteiger partial charge in [-0.15, -0.1) is 0 Å². The maximum absolute atomic E-state index is 13.1. The summed E-state index contributed by atoms with van der Waals surface area (Å²) in [6, 6.07) is 15.9. The summed E-state index contributed by atoms with van der Waals surface area (Å²) in [5, 5.41) is 7.50. The first-order valence-corrected chi connectivity index (χ1v) is 14.1. The summed E-state index contributed by atoms with van der Waals surface area (Å²) in [5.41, 5.74) is 8.40. The minimum absolute atomic E-state index is 0.150. The zero-order valence-electron chi connectivity index (χ0n) is 23.8. The predicted octanol–water partition coefficient (Wildman–Crippen LogP) is 6.67. The van der Waals surface area contributed by atoms with Gasteiger partial charge in [0.15, 0.2) is 5.78 Å². The van der Waals surface area contributed by atoms with Gasteiger partial charge in [-0.3, -0.25) is 9.59 Å². The number of nitrogens with zero attached hydrogens (tertiary/aromatic N) is 3. The molecule has 3 heterocycles. The maximum atomic E-state index is 13.1. The second-order valence-electron chi connectivity index (χ2n) is 10.4. The molecule has 40 heavy (non-hydrogen) atoms. The number of carbonyl (C=O) groups is 2. The van der Waals surface area contributed by atoms with E-state index in [4.69, 9.17) is 0 Å². The smallest absolute Gasteiger partial charge is 0.256 e. The van der Waals surface area contributed by atoms with Crippen LogP contribution >= 0.6 is 0 Å². The Bertz CT molecular complexity index is 1560. The first-order valence-electron chi connectivity index (χ1n) is 14.1. The number of ketones is 1. The van der Waals surface area contributed by atoms with Gasteiger partial charge in [-0.2, -0.15) is 5.10 Å². The van der Waals surface area contributed by atoms with Gasteiger partial charge in [-0.1, -0.05) is 38.1 Å². The van der Waals surface area contributed by atoms with Gasteiger partial charge in [0, 0.05) is 46.4 Å². The van der Waals surface area contributed by atoms with E-state index in [1.54, 1.807) is 0 Å². The molecule has 0 spiro atoms. The summed E-state index contributed by atoms with van der Waals surface area (Å²) >= 11 is 0. The van der Waals surface area contributed by atoms with Crippen LogP contribution in [0.1, 0.15) is 66.0 Å². The van der Waals surface area contributed by atoms with Crippen molar-refractivity contribution >= 4 is 29.0 Å². The molecule has 2 aromatic heterocycles. The summed E-state index contributed by atoms with van der Waals surface area (Å²) in [6.45, 7) is 11.3. The zero-order chi connectivity index (χ0) is 28.2. The van der Waals surface area contributed by atoms with Crippen molar-refractivity contribution in [1.82, 2.24) is 19.7 Å². The van der Waals surface area contributed by atoms with E-state index in [2.05, 4.69) is 34.1 Å². The molecule has 0 bridgehead atoms. The lowest BCUT2D eigenvalue weighted by Gasteiger charge is -2.17. The highest BCUT2D eigenvalue weighted by atomic mass is 16.2. The van der Waals surface area contributed by atoms with Gasteiger partial charge in [-0.05, 0) is 87.8 Å². The van der Waals surface area contributed by atoms with Crippen LogP contribution in [0.4, 0.5) is 5.69 Å². The summed E-state index contributed by atoms with van der Waals surface area (Å²) < 4.78 is 1.84. The van der Waals surface area contributed by atoms with E-state index in [0.29, 0.717) is 12.0 Å². The Morgan fingerprint density at radius 3 is 2.55 bits per heavy atom. The topological polar surface area (TPSA) is 83.0 Å². The average Bonchev–Trinajstić information content (AvgIpc) is 3.65. The zero-order valence-corrected chi connectivity index (χ0v) is 23.8. The number of para-hydroxylation sites is 1. The van der Waals surface area contributed by atoms with E-state index in [9.17, 15) is 9.59 Å². The predicted molar refractivity (Wildman–Crippen MR) is 162 cm³/mol. The van der Waals surface area contributed by atoms with Crippen molar-refractivity contribution in [2.45, 2.75) is 47.0 Å². The number of fused-ring (bicyclic) bond motifs is 1. The number of Topliss-reactive ketones (excluding diaryl/α,β-unsaturated/α-hetero) is 1. The highest BCUT2D eigenvalue weighted by molar-refractivity contribution is 6.35. The molecule has 4 aromatic rings. The molecule has 0 atom stereocenters. The van der Waals surface area contributed by atoms with Crippen molar-refractivity contribution in [1.29, 1.82) is 0 Å². The van der Waals surface area contributed by atoms with Crippen LogP contribution in [0, 0.1) is 13.8 Å². The number of nitrogens with one attached hydrogen (secondary N) is 2. The quantitative estimate of drug-likeness (QED) is 0.128. The fourth-order valence-electron chi connectivity index (χ4n) is 5.47. The molecule has 0 unspecified atom stereocenters. The number of unbranched alkanes of at least 4 members (excludes halogenated alkanes) is 1. The lowest BCUT2D eigenvalue weighted by molar-refractivity contribution is -0.110. The van der Waals surface area contributed by atoms with E-state index in [1.807, 2.05) is 85.5 Å². The monoisotopic (exact) mass is 535 g/mol. The SMILES string of the molecule is CCN(CC)CCCCC(=O)c1c(C)[nH]c(/C=C2\C(=O)Nc3ccc(-c4cnn(-c5ccccc5)c4)cc32)c1C. The third-order valence-corrected chi connectivity index (χ3v) is 7.81. The lowest BCUT2D eigenvalue weighted by Crippen LogP contribution is -2.24. The van der Waals surface area contributed by atoms with Gasteiger partial charge in [0.1, 0.15) is 0 Å². The van der Waals surface area contributed by atoms with Crippen LogP contribution in [-0.4, -0.2) is 51.0 Å². The normalized spacial score (nSPS) is 13.7. The van der Waals surface area contributed by atoms with Crippen molar-refractivity contribution in [3.8, 4) is 16.8 Å². The molecule has 0 saturated heterocycles. The standard InChI is InChI=1S/C33H37N5O2/c1-5-37(6-2)17-11-10-14-31(39)32-22(3)30(35-23(32)4)19-28-27-18-24(15-16-29(27)36-33(28)40)25-20-34-38(21-25)26-12-8-7-9-13-26/h7-9,12-13,15-16,18-21,35H,5-6,10-11,14,17H2,1-4H3,(H,36,40)/b28-19-. The van der Waals surface area contributed by atoms with E-state index >= 15 is 0 Å². The number of amides is 1. The number of rotatable bonds is 11. The fourth-order valence-corrected chi connectivity index (χ4v) is 5.47. The number of benzene rings is 2. The van der Waals surface area contributed by atoms with E-state index in [1.165, 1.54) is 0 Å². The molecular weight excluding hydrogens is 498 g/mol. The first kappa shape index (κ1) is 27.3. The number of aromatic amines is 1. The van der Waals surface area contributed by atoms with E-state index < -0.39 is 0 Å². The number of aromatic nitrogens is 3. The Hall–Kier alpha value is -4.23. The Kier molecular flexibility index (Phi) is 8.12. The van der Waals surface area contributed by atoms with Crippen LogP contribution in [0.25, 0.3) is 28.5 Å². The second-order valence-corrected chi connectivity index (χ2v) is 10.4. The lowest BCUT2D eigenvalue weighted by atomic mass is 9.98. The second kappa shape index (κ2) is 11.9. The highest BCUT2D eigenvalue weighted by Crippen LogP contribution is 2.37. The van der Waals surface area contributed by atoms with E-state index in [-0.39, 0.29) is 11.7 Å². The van der Waals surface area contributed by atoms with Gasteiger partial charge in [-0.25, -0.2) is 4.68 Å². The number of H-pyrrole nitrogens is 1. The van der Waals surface area contributed by atoms with Crippen LogP contribution in [0.15, 0.2) is 60.9 Å². The van der Waals surface area contributed by atoms with E-state index in [0.717, 1.165) is 83.1 Å². The van der Waals surface area contributed by atoms with Crippen molar-refractivity contribution in [2.75, 3.05) is 25.0 Å². The van der Waals surface area contributed by atoms with Crippen LogP contribution in [-0.2, 0) is 4.79 Å². The summed E-state index contributed by atoms with van der Waals surface area (Å²) in [7, 11) is 0. The average molecular weight is 536 g/mol. The highest BCUT2D eigenvalue weighted by Gasteiger charge is 2.26. The fraction of sp³-hybridized carbons (Fsp3) is 0.303. The molecule has 0 aliphatic carbocycles. The third kappa shape index (κ3) is 5.56. The van der Waals surface area contributed by atoms with Gasteiger partial charge in [0.05, 0.1) is 17.5 Å². The molecule has 2 N–H and O–H groups in total. The Morgan fingerprint density at radius 2 is 1.80 bits per heavy atom. The van der Waals surface area contributed by atoms with Crippen molar-refractivity contribution in [2.24, 2.45) is 0 Å². The minimum atomic E-state index is -0.150. The molecule has 0 radical (unpaired) electrons. The molecule has 2 aromatic carbocycles. The Balaban J connectivity index is 1.37. The molecule has 1 aliphatic rings. The molecule has 7 heteroatoms. The number of hydrogen-bond donors (Lipinski definition) is 2. The Morgan fingerprint density at radius 1 is 1.02 bits per heavy atom. The van der Waals surface area contributed by atoms with Crippen molar-refractivity contribution in [3.05, 3.63) is 89.0 Å². The molecule has 0 fully saturated rings. The molecule has 5 rings (SSSR count). The maximum Gasteiger partial charge on any atom is 0.256 e. The van der Waals surface area contributed by atoms with Crippen LogP contribution in [0.2, 0.25) is 0 Å². The third-order valence-electron chi connectivity index (χ3n) is 7.81. The van der Waals surface area contributed by atoms with Crippen molar-refractivity contribution in [3.63, 3.8) is 0 Å². The molecule has 0 saturated carbocycles. The van der Waals surface area contributed by atoms with Crippen LogP contribution in [0.5, 0.6) is 0 Å².